The lowest BCUT2D eigenvalue weighted by molar-refractivity contribution is -0.147. The summed E-state index contributed by atoms with van der Waals surface area (Å²) in [5.41, 5.74) is -0.862. The van der Waals surface area contributed by atoms with Crippen LogP contribution in [0.4, 0.5) is 0 Å². The molecule has 0 spiro atoms. The molecule has 0 heterocycles. The molecular formula is C12H20O6. The number of ether oxygens (including phenoxy) is 4. The zero-order chi connectivity index (χ0) is 13.9. The highest BCUT2D eigenvalue weighted by atomic mass is 16.7. The smallest absolute Gasteiger partial charge is 0.311 e. The van der Waals surface area contributed by atoms with E-state index in [0.29, 0.717) is 0 Å². The Labute approximate surface area is 107 Å². The van der Waals surface area contributed by atoms with Gasteiger partial charge in [-0.2, -0.15) is 0 Å². The minimum Gasteiger partial charge on any atom is -0.476 e. The zero-order valence-corrected chi connectivity index (χ0v) is 10.6. The summed E-state index contributed by atoms with van der Waals surface area (Å²) in [7, 11) is 1.48. The molecule has 0 amide bonds. The fourth-order valence-electron chi connectivity index (χ4n) is 1.39. The van der Waals surface area contributed by atoms with Crippen LogP contribution in [0, 0.1) is 5.41 Å². The van der Waals surface area contributed by atoms with Gasteiger partial charge < -0.3 is 24.1 Å². The molecular weight excluding hydrogens is 240 g/mol. The molecule has 1 N–H and O–H groups in total. The second-order valence-electron chi connectivity index (χ2n) is 3.72. The summed E-state index contributed by atoms with van der Waals surface area (Å²) in [6, 6.07) is 0. The summed E-state index contributed by atoms with van der Waals surface area (Å²) in [5, 5.41) is 9.43. The number of esters is 1. The number of carbonyl (C=O) groups is 1. The Hall–Kier alpha value is -1.37. The topological polar surface area (TPSA) is 74.2 Å². The number of rotatable bonds is 11. The van der Waals surface area contributed by atoms with Gasteiger partial charge in [-0.05, 0) is 0 Å². The maximum Gasteiger partial charge on any atom is 0.311 e. The van der Waals surface area contributed by atoms with E-state index in [1.54, 1.807) is 0 Å². The molecule has 0 aliphatic heterocycles. The van der Waals surface area contributed by atoms with E-state index >= 15 is 0 Å². The minimum atomic E-state index is -0.862. The highest BCUT2D eigenvalue weighted by molar-refractivity contribution is 5.71. The molecule has 0 aliphatic rings. The summed E-state index contributed by atoms with van der Waals surface area (Å²) in [5.74, 6) is -0.510. The van der Waals surface area contributed by atoms with Gasteiger partial charge in [0.2, 0.25) is 0 Å². The van der Waals surface area contributed by atoms with E-state index < -0.39 is 11.4 Å². The van der Waals surface area contributed by atoms with Gasteiger partial charge >= 0.3 is 5.97 Å². The van der Waals surface area contributed by atoms with E-state index in [9.17, 15) is 9.90 Å². The summed E-state index contributed by atoms with van der Waals surface area (Å²) in [6.45, 7) is 6.62. The zero-order valence-electron chi connectivity index (χ0n) is 10.6. The van der Waals surface area contributed by atoms with Crippen molar-refractivity contribution in [3.63, 3.8) is 0 Å². The predicted molar refractivity (Wildman–Crippen MR) is 64.4 cm³/mol. The average molecular weight is 260 g/mol. The van der Waals surface area contributed by atoms with Crippen LogP contribution in [-0.2, 0) is 23.7 Å². The van der Waals surface area contributed by atoms with Crippen LogP contribution in [0.2, 0.25) is 0 Å². The molecule has 0 rings (SSSR count). The number of aliphatic hydroxyl groups is 1. The minimum absolute atomic E-state index is 0.00846. The molecule has 0 saturated heterocycles. The van der Waals surface area contributed by atoms with E-state index in [2.05, 4.69) is 17.9 Å². The van der Waals surface area contributed by atoms with Crippen molar-refractivity contribution in [2.75, 3.05) is 33.7 Å². The molecule has 6 heteroatoms. The van der Waals surface area contributed by atoms with Crippen LogP contribution in [0.3, 0.4) is 0 Å². The fraction of sp³-hybridized carbons (Fsp3) is 0.583. The Kier molecular flexibility index (Phi) is 8.91. The number of hydrogen-bond acceptors (Lipinski definition) is 6. The Morgan fingerprint density at radius 3 is 2.56 bits per heavy atom. The van der Waals surface area contributed by atoms with Gasteiger partial charge in [0.25, 0.3) is 0 Å². The maximum absolute atomic E-state index is 11.4. The van der Waals surface area contributed by atoms with Crippen LogP contribution >= 0.6 is 0 Å². The van der Waals surface area contributed by atoms with Crippen molar-refractivity contribution in [3.05, 3.63) is 25.7 Å². The molecule has 18 heavy (non-hydrogen) atoms. The van der Waals surface area contributed by atoms with Gasteiger partial charge in [-0.25, -0.2) is 0 Å². The largest absolute Gasteiger partial charge is 0.476 e. The number of hydrogen-bond donors (Lipinski definition) is 1. The highest BCUT2D eigenvalue weighted by Gasteiger charge is 2.33. The van der Waals surface area contributed by atoms with E-state index in [1.165, 1.54) is 13.4 Å². The number of aliphatic hydroxyl groups excluding tert-OH is 1. The third kappa shape index (κ3) is 6.39. The average Bonchev–Trinajstić information content (AvgIpc) is 2.35. The molecule has 1 unspecified atom stereocenters. The van der Waals surface area contributed by atoms with Crippen molar-refractivity contribution in [3.8, 4) is 0 Å². The summed E-state index contributed by atoms with van der Waals surface area (Å²) in [4.78, 5) is 11.4. The van der Waals surface area contributed by atoms with Gasteiger partial charge in [0.15, 0.2) is 6.79 Å². The van der Waals surface area contributed by atoms with Gasteiger partial charge in [-0.15, -0.1) is 0 Å². The van der Waals surface area contributed by atoms with E-state index in [0.717, 1.165) is 6.26 Å². The Morgan fingerprint density at radius 2 is 2.06 bits per heavy atom. The molecule has 0 aromatic carbocycles. The van der Waals surface area contributed by atoms with Crippen LogP contribution in [0.15, 0.2) is 25.7 Å². The van der Waals surface area contributed by atoms with Crippen molar-refractivity contribution in [1.29, 1.82) is 0 Å². The van der Waals surface area contributed by atoms with Crippen molar-refractivity contribution in [2.24, 2.45) is 5.41 Å². The first-order valence-electron chi connectivity index (χ1n) is 5.34. The summed E-state index contributed by atoms with van der Waals surface area (Å²) < 4.78 is 19.6. The molecule has 0 aromatic heterocycles. The maximum atomic E-state index is 11.4. The second-order valence-corrected chi connectivity index (χ2v) is 3.72. The molecule has 0 bridgehead atoms. The summed E-state index contributed by atoms with van der Waals surface area (Å²) in [6.07, 6.45) is 2.24. The summed E-state index contributed by atoms with van der Waals surface area (Å²) >= 11 is 0. The molecule has 0 aromatic rings. The van der Waals surface area contributed by atoms with Gasteiger partial charge in [-0.3, -0.25) is 4.79 Å². The van der Waals surface area contributed by atoms with E-state index in [1.807, 2.05) is 0 Å². The van der Waals surface area contributed by atoms with Gasteiger partial charge in [0, 0.05) is 7.11 Å². The first-order valence-corrected chi connectivity index (χ1v) is 5.34. The lowest BCUT2D eigenvalue weighted by Crippen LogP contribution is -2.38. The molecule has 1 atom stereocenters. The van der Waals surface area contributed by atoms with Crippen molar-refractivity contribution >= 4 is 5.97 Å². The monoisotopic (exact) mass is 260 g/mol. The fourth-order valence-corrected chi connectivity index (χ4v) is 1.39. The van der Waals surface area contributed by atoms with Crippen molar-refractivity contribution in [2.45, 2.75) is 6.42 Å². The molecule has 0 radical (unpaired) electrons. The third-order valence-electron chi connectivity index (χ3n) is 2.20. The van der Waals surface area contributed by atoms with Crippen LogP contribution in [0.1, 0.15) is 6.42 Å². The Bertz CT molecular complexity index is 265. The lowest BCUT2D eigenvalue weighted by atomic mass is 9.87. The standard InChI is InChI=1S/C12H20O6/c1-4-16-10-17-9-12(7-13,8-15-3)6-11(14)18-5-2/h4-5,13H,1-2,6-10H2,3H3. The van der Waals surface area contributed by atoms with Crippen molar-refractivity contribution < 1.29 is 28.8 Å². The molecule has 0 aliphatic carbocycles. The van der Waals surface area contributed by atoms with Gasteiger partial charge in [0.1, 0.15) is 0 Å². The van der Waals surface area contributed by atoms with Crippen LogP contribution in [0.5, 0.6) is 0 Å². The first kappa shape index (κ1) is 16.6. The molecule has 0 saturated carbocycles. The van der Waals surface area contributed by atoms with Crippen LogP contribution in [0.25, 0.3) is 0 Å². The Morgan fingerprint density at radius 1 is 1.33 bits per heavy atom. The van der Waals surface area contributed by atoms with Gasteiger partial charge in [-0.1, -0.05) is 13.2 Å². The van der Waals surface area contributed by atoms with E-state index in [-0.39, 0.29) is 33.0 Å². The van der Waals surface area contributed by atoms with Gasteiger partial charge in [0.05, 0.1) is 44.2 Å². The molecule has 0 fully saturated rings. The molecule has 104 valence electrons. The number of carbonyl (C=O) groups excluding carboxylic acids is 1. The van der Waals surface area contributed by atoms with Crippen LogP contribution < -0.4 is 0 Å². The van der Waals surface area contributed by atoms with Crippen molar-refractivity contribution in [1.82, 2.24) is 0 Å². The number of methoxy groups -OCH3 is 1. The SMILES string of the molecule is C=COCOCC(CO)(COC)CC(=O)OC=C. The second kappa shape index (κ2) is 9.64. The molecule has 6 nitrogen and oxygen atoms in total. The normalized spacial score (nSPS) is 13.4. The van der Waals surface area contributed by atoms with E-state index in [4.69, 9.17) is 14.2 Å². The third-order valence-corrected chi connectivity index (χ3v) is 2.20. The lowest BCUT2D eigenvalue weighted by Gasteiger charge is -2.29. The quantitative estimate of drug-likeness (QED) is 0.256. The highest BCUT2D eigenvalue weighted by Crippen LogP contribution is 2.23. The first-order chi connectivity index (χ1) is 8.64. The Balaban J connectivity index is 4.43. The predicted octanol–water partition coefficient (Wildman–Crippen LogP) is 0.822. The van der Waals surface area contributed by atoms with Crippen LogP contribution in [-0.4, -0.2) is 44.8 Å².